The van der Waals surface area contributed by atoms with E-state index in [0.717, 1.165) is 5.56 Å². The maximum Gasteiger partial charge on any atom is 0.325 e. The number of ether oxygens (including phenoxy) is 2. The van der Waals surface area contributed by atoms with Crippen molar-refractivity contribution in [2.45, 2.75) is 45.3 Å². The number of nitrogens with two attached hydrogens (primary N) is 1. The highest BCUT2D eigenvalue weighted by Gasteiger charge is 2.32. The first-order chi connectivity index (χ1) is 9.89. The van der Waals surface area contributed by atoms with Gasteiger partial charge in [-0.2, -0.15) is 0 Å². The molecule has 0 aliphatic rings. The Bertz CT molecular complexity index is 442. The number of aliphatic hydroxyl groups is 1. The maximum absolute atomic E-state index is 11.7. The van der Waals surface area contributed by atoms with Crippen molar-refractivity contribution >= 4 is 5.97 Å². The third-order valence-electron chi connectivity index (χ3n) is 3.11. The second kappa shape index (κ2) is 8.00. The fourth-order valence-electron chi connectivity index (χ4n) is 2.11. The number of benzene rings is 1. The number of carbonyl (C=O) groups is 1. The molecule has 118 valence electrons. The summed E-state index contributed by atoms with van der Waals surface area (Å²) in [6, 6.07) is 7.51. The van der Waals surface area contributed by atoms with Crippen LogP contribution in [0.15, 0.2) is 24.3 Å². The van der Waals surface area contributed by atoms with Crippen LogP contribution in [-0.2, 0) is 16.0 Å². The van der Waals surface area contributed by atoms with Crippen molar-refractivity contribution in [3.63, 3.8) is 0 Å². The fourth-order valence-corrected chi connectivity index (χ4v) is 2.11. The molecule has 3 N–H and O–H groups in total. The standard InChI is InChI=1S/C16H25NO4/c1-4-20-15(19)16(3,17)11-12(2)21-14-7-5-13(6-8-14)9-10-18/h5-8,12,18H,4,9-11,17H2,1-3H3. The third-order valence-corrected chi connectivity index (χ3v) is 3.11. The molecule has 0 fully saturated rings. The quantitative estimate of drug-likeness (QED) is 0.713. The van der Waals surface area contributed by atoms with E-state index in [-0.39, 0.29) is 12.7 Å². The van der Waals surface area contributed by atoms with Gasteiger partial charge >= 0.3 is 5.97 Å². The molecule has 0 saturated heterocycles. The summed E-state index contributed by atoms with van der Waals surface area (Å²) in [4.78, 5) is 11.7. The Kier molecular flexibility index (Phi) is 6.65. The van der Waals surface area contributed by atoms with Crippen LogP contribution in [0.25, 0.3) is 0 Å². The summed E-state index contributed by atoms with van der Waals surface area (Å²) >= 11 is 0. The maximum atomic E-state index is 11.7. The molecule has 5 nitrogen and oxygen atoms in total. The van der Waals surface area contributed by atoms with Gasteiger partial charge in [0.1, 0.15) is 11.3 Å². The summed E-state index contributed by atoms with van der Waals surface area (Å²) in [5.41, 5.74) is 5.97. The van der Waals surface area contributed by atoms with Crippen LogP contribution < -0.4 is 10.5 Å². The molecular formula is C16H25NO4. The van der Waals surface area contributed by atoms with Crippen molar-refractivity contribution in [1.29, 1.82) is 0 Å². The van der Waals surface area contributed by atoms with E-state index in [1.165, 1.54) is 0 Å². The largest absolute Gasteiger partial charge is 0.491 e. The van der Waals surface area contributed by atoms with Crippen molar-refractivity contribution in [2.24, 2.45) is 5.73 Å². The minimum Gasteiger partial charge on any atom is -0.491 e. The summed E-state index contributed by atoms with van der Waals surface area (Å²) in [7, 11) is 0. The lowest BCUT2D eigenvalue weighted by molar-refractivity contribution is -0.149. The van der Waals surface area contributed by atoms with Gasteiger partial charge in [-0.1, -0.05) is 12.1 Å². The first kappa shape index (κ1) is 17.5. The van der Waals surface area contributed by atoms with Crippen LogP contribution in [0.3, 0.4) is 0 Å². The van der Waals surface area contributed by atoms with Gasteiger partial charge in [0.15, 0.2) is 0 Å². The number of aliphatic hydroxyl groups excluding tert-OH is 1. The molecule has 1 aromatic carbocycles. The molecule has 0 spiro atoms. The van der Waals surface area contributed by atoms with E-state index in [1.807, 2.05) is 31.2 Å². The molecule has 2 unspecified atom stereocenters. The Morgan fingerprint density at radius 3 is 2.52 bits per heavy atom. The van der Waals surface area contributed by atoms with E-state index in [0.29, 0.717) is 25.2 Å². The molecule has 1 rings (SSSR count). The minimum atomic E-state index is -1.06. The minimum absolute atomic E-state index is 0.127. The number of rotatable bonds is 8. The van der Waals surface area contributed by atoms with Gasteiger partial charge in [-0.05, 0) is 44.9 Å². The van der Waals surface area contributed by atoms with Crippen LogP contribution in [0, 0.1) is 0 Å². The zero-order chi connectivity index (χ0) is 15.9. The Morgan fingerprint density at radius 2 is 2.00 bits per heavy atom. The summed E-state index contributed by atoms with van der Waals surface area (Å²) in [5, 5.41) is 8.87. The molecule has 2 atom stereocenters. The van der Waals surface area contributed by atoms with Gasteiger partial charge in [0.25, 0.3) is 0 Å². The van der Waals surface area contributed by atoms with Gasteiger partial charge in [-0.3, -0.25) is 4.79 Å². The summed E-state index contributed by atoms with van der Waals surface area (Å²) < 4.78 is 10.7. The van der Waals surface area contributed by atoms with Crippen molar-refractivity contribution < 1.29 is 19.4 Å². The summed E-state index contributed by atoms with van der Waals surface area (Å²) in [6.45, 7) is 5.71. The van der Waals surface area contributed by atoms with E-state index >= 15 is 0 Å². The van der Waals surface area contributed by atoms with Gasteiger partial charge in [0, 0.05) is 13.0 Å². The molecule has 21 heavy (non-hydrogen) atoms. The average molecular weight is 295 g/mol. The first-order valence-corrected chi connectivity index (χ1v) is 7.21. The Balaban J connectivity index is 2.56. The molecule has 0 saturated carbocycles. The molecular weight excluding hydrogens is 270 g/mol. The molecule has 5 heteroatoms. The molecule has 0 aliphatic heterocycles. The van der Waals surface area contributed by atoms with E-state index < -0.39 is 11.5 Å². The topological polar surface area (TPSA) is 81.8 Å². The fraction of sp³-hybridized carbons (Fsp3) is 0.562. The lowest BCUT2D eigenvalue weighted by atomic mass is 9.96. The number of esters is 1. The highest BCUT2D eigenvalue weighted by molar-refractivity contribution is 5.80. The highest BCUT2D eigenvalue weighted by Crippen LogP contribution is 2.19. The van der Waals surface area contributed by atoms with E-state index in [2.05, 4.69) is 0 Å². The Hall–Kier alpha value is -1.59. The molecule has 0 bridgehead atoms. The number of hydrogen-bond donors (Lipinski definition) is 2. The first-order valence-electron chi connectivity index (χ1n) is 7.21. The predicted molar refractivity (Wildman–Crippen MR) is 81.2 cm³/mol. The third kappa shape index (κ3) is 5.73. The Morgan fingerprint density at radius 1 is 1.38 bits per heavy atom. The van der Waals surface area contributed by atoms with Crippen LogP contribution in [0.4, 0.5) is 0 Å². The number of hydrogen-bond acceptors (Lipinski definition) is 5. The zero-order valence-electron chi connectivity index (χ0n) is 13.0. The van der Waals surface area contributed by atoms with Crippen LogP contribution in [0.5, 0.6) is 5.75 Å². The van der Waals surface area contributed by atoms with Gasteiger partial charge in [0.2, 0.25) is 0 Å². The van der Waals surface area contributed by atoms with Crippen LogP contribution in [-0.4, -0.2) is 35.9 Å². The zero-order valence-corrected chi connectivity index (χ0v) is 13.0. The van der Waals surface area contributed by atoms with Crippen LogP contribution >= 0.6 is 0 Å². The average Bonchev–Trinajstić information content (AvgIpc) is 2.41. The second-order valence-electron chi connectivity index (χ2n) is 5.39. The van der Waals surface area contributed by atoms with Gasteiger partial charge in [-0.25, -0.2) is 0 Å². The monoisotopic (exact) mass is 295 g/mol. The van der Waals surface area contributed by atoms with E-state index in [9.17, 15) is 4.79 Å². The highest BCUT2D eigenvalue weighted by atomic mass is 16.5. The molecule has 0 radical (unpaired) electrons. The Labute approximate surface area is 126 Å². The van der Waals surface area contributed by atoms with E-state index in [4.69, 9.17) is 20.3 Å². The molecule has 0 aromatic heterocycles. The van der Waals surface area contributed by atoms with Crippen molar-refractivity contribution in [1.82, 2.24) is 0 Å². The molecule has 0 aliphatic carbocycles. The van der Waals surface area contributed by atoms with E-state index in [1.54, 1.807) is 13.8 Å². The van der Waals surface area contributed by atoms with Crippen molar-refractivity contribution in [2.75, 3.05) is 13.2 Å². The van der Waals surface area contributed by atoms with Gasteiger partial charge in [-0.15, -0.1) is 0 Å². The van der Waals surface area contributed by atoms with Crippen LogP contribution in [0.1, 0.15) is 32.8 Å². The number of carbonyl (C=O) groups excluding carboxylic acids is 1. The smallest absolute Gasteiger partial charge is 0.325 e. The molecule has 0 amide bonds. The van der Waals surface area contributed by atoms with Crippen LogP contribution in [0.2, 0.25) is 0 Å². The second-order valence-corrected chi connectivity index (χ2v) is 5.39. The lowest BCUT2D eigenvalue weighted by Gasteiger charge is -2.26. The predicted octanol–water partition coefficient (Wildman–Crippen LogP) is 1.66. The normalized spacial score (nSPS) is 15.1. The molecule has 1 aromatic rings. The van der Waals surface area contributed by atoms with Crippen molar-refractivity contribution in [3.05, 3.63) is 29.8 Å². The molecule has 0 heterocycles. The van der Waals surface area contributed by atoms with Gasteiger partial charge in [0.05, 0.1) is 12.7 Å². The van der Waals surface area contributed by atoms with Gasteiger partial charge < -0.3 is 20.3 Å². The summed E-state index contributed by atoms with van der Waals surface area (Å²) in [6.07, 6.45) is 0.775. The van der Waals surface area contributed by atoms with Crippen molar-refractivity contribution in [3.8, 4) is 5.75 Å². The SMILES string of the molecule is CCOC(=O)C(C)(N)CC(C)Oc1ccc(CCO)cc1. The lowest BCUT2D eigenvalue weighted by Crippen LogP contribution is -2.49. The summed E-state index contributed by atoms with van der Waals surface area (Å²) in [5.74, 6) is 0.294.